The summed E-state index contributed by atoms with van der Waals surface area (Å²) in [6.45, 7) is -24.7. The molecular weight excluding hydrogens is 710 g/mol. The lowest BCUT2D eigenvalue weighted by molar-refractivity contribution is -0.137. The Labute approximate surface area is 354 Å². The number of alkyl halides is 3. The van der Waals surface area contributed by atoms with Crippen LogP contribution in [0.4, 0.5) is 22.0 Å². The number of amides is 1. The summed E-state index contributed by atoms with van der Waals surface area (Å²) in [5, 5.41) is -2.88. The molecule has 1 amide bonds. The summed E-state index contributed by atoms with van der Waals surface area (Å²) in [6, 6.07) is -28.9. The van der Waals surface area contributed by atoms with Gasteiger partial charge in [-0.15, -0.1) is 11.8 Å². The average molecular weight is 782 g/mol. The molecule has 0 unspecified atom stereocenters. The smallest absolute Gasteiger partial charge is 0.383 e. The van der Waals surface area contributed by atoms with E-state index < -0.39 is 254 Å². The van der Waals surface area contributed by atoms with Crippen LogP contribution in [0.5, 0.6) is 0 Å². The molecule has 6 nitrogen and oxygen atoms in total. The monoisotopic (exact) mass is 781 g/mol. The van der Waals surface area contributed by atoms with E-state index in [4.69, 9.17) is 34.3 Å². The maximum absolute atomic E-state index is 15.9. The SMILES string of the molecule is [2H]c1c([2H])c(F)c(F)c(C([2H])([2H])Sc2c([2H])c(=O)c3c([2H])c([2H])c([2H])c([2H])c3n2CC(=O)N(C([2H])([2H])c2c([2H])c([2H])c(-c3c([2H])c([2H])c(C(F)(F)F)c([2H])c3[2H])c([2H])c2C)C2([2H])C([2H])([2H])C([2H])([2H])N(C([2H])([2H])C([2H])([2H])OC)C([2H])([2H])C2([2H])[2H])c1[2H]. The van der Waals surface area contributed by atoms with E-state index in [-0.39, 0.29) is 4.57 Å². The molecule has 6 rings (SSSR count). The zero-order chi connectivity index (χ0) is 66.0. The number of halogens is 5. The number of fused-ring (bicyclic) bond motifs is 1. The van der Waals surface area contributed by atoms with Crippen molar-refractivity contribution < 1.29 is 75.3 Å². The summed E-state index contributed by atoms with van der Waals surface area (Å²) in [5.74, 6) is -7.24. The van der Waals surface area contributed by atoms with E-state index in [1.54, 1.807) is 0 Å². The van der Waals surface area contributed by atoms with Crippen molar-refractivity contribution in [2.75, 3.05) is 33.2 Å². The van der Waals surface area contributed by atoms with Crippen LogP contribution in [0.3, 0.4) is 0 Å². The van der Waals surface area contributed by atoms with E-state index in [0.717, 1.165) is 0 Å². The van der Waals surface area contributed by atoms with Gasteiger partial charge in [0.1, 0.15) is 6.54 Å². The van der Waals surface area contributed by atoms with Crippen molar-refractivity contribution in [2.24, 2.45) is 0 Å². The minimum absolute atomic E-state index is 0.0573. The Bertz CT molecular complexity index is 3650. The van der Waals surface area contributed by atoms with Crippen molar-refractivity contribution in [3.05, 3.63) is 135 Å². The zero-order valence-electron chi connectivity index (χ0n) is 58.6. The van der Waals surface area contributed by atoms with Gasteiger partial charge >= 0.3 is 6.18 Å². The zero-order valence-corrected chi connectivity index (χ0v) is 27.4. The van der Waals surface area contributed by atoms with Crippen LogP contribution < -0.4 is 5.43 Å². The number of rotatable bonds is 12. The van der Waals surface area contributed by atoms with E-state index >= 15 is 13.6 Å². The Hall–Kier alpha value is -4.52. The molecule has 0 bridgehead atoms. The first-order valence-electron chi connectivity index (χ1n) is 30.3. The molecule has 2 heterocycles. The van der Waals surface area contributed by atoms with Gasteiger partial charge in [0.05, 0.1) is 50.1 Å². The fraction of sp³-hybridized carbons (Fsp3) is 0.317. The third-order valence-corrected chi connectivity index (χ3v) is 7.45. The number of hydrogen-bond acceptors (Lipinski definition) is 5. The predicted octanol–water partition coefficient (Wildman–Crippen LogP) is 8.71. The lowest BCUT2D eigenvalue weighted by Crippen LogP contribution is -2.48. The standard InChI is InChI=1S/C41H40F5N3O3S/c1-27-22-29(28-12-14-32(15-13-28)41(44,45)46)10-11-30(27)24-48(33-16-18-47(19-17-33)20-21-52-2)38(51)25-49-36-9-4-3-7-34(36)37(50)23-39(49)53-26-31-6-5-8-35(42)40(31)43/h3-15,22-23,33H,16-21,24-26H2,1-2H3/i3D,4D,5D,6D,7D,8D,9D,10D,11D,12D,13D,14D,15D,16D2,17D2,18D2,19D2,20D2,21D2,22D,23D,24D2,26D2,33D. The normalized spacial score (nSPS) is 28.4. The fourth-order valence-electron chi connectivity index (χ4n) is 4.18. The second kappa shape index (κ2) is 16.7. The molecule has 4 aromatic carbocycles. The summed E-state index contributed by atoms with van der Waals surface area (Å²) in [7, 11) is 0.431. The number of piperidine rings is 1. The van der Waals surface area contributed by atoms with Crippen LogP contribution in [-0.2, 0) is 34.5 Å². The van der Waals surface area contributed by atoms with Gasteiger partial charge < -0.3 is 19.1 Å². The second-order valence-electron chi connectivity index (χ2n) is 10.1. The Morgan fingerprint density at radius 3 is 2.43 bits per heavy atom. The van der Waals surface area contributed by atoms with Gasteiger partial charge in [0.2, 0.25) is 5.91 Å². The Morgan fingerprint density at radius 1 is 1.00 bits per heavy atom. The van der Waals surface area contributed by atoms with Gasteiger partial charge in [0, 0.05) is 78.3 Å². The van der Waals surface area contributed by atoms with Crippen LogP contribution in [0.25, 0.3) is 22.0 Å². The summed E-state index contributed by atoms with van der Waals surface area (Å²) >= 11 is -0.719. The largest absolute Gasteiger partial charge is 0.416 e. The molecule has 5 aromatic rings. The number of para-hydroxylation sites is 1. The summed E-state index contributed by atoms with van der Waals surface area (Å²) in [5.41, 5.74) is -16.7. The van der Waals surface area contributed by atoms with Gasteiger partial charge in [0.15, 0.2) is 17.1 Å². The molecule has 53 heavy (non-hydrogen) atoms. The van der Waals surface area contributed by atoms with E-state index in [2.05, 4.69) is 4.74 Å². The molecule has 0 N–H and O–H groups in total. The van der Waals surface area contributed by atoms with E-state index in [1.165, 1.54) is 0 Å². The predicted molar refractivity (Wildman–Crippen MR) is 198 cm³/mol. The Balaban J connectivity index is 1.85. The lowest BCUT2D eigenvalue weighted by atomic mass is 9.97. The van der Waals surface area contributed by atoms with Crippen LogP contribution in [0.2, 0.25) is 0 Å². The number of carbonyl (C=O) groups is 1. The molecule has 12 heteroatoms. The number of thioether (sulfide) groups is 1. The number of methoxy groups -OCH3 is 1. The number of nitrogens with zero attached hydrogens (tertiary/aromatic N) is 3. The molecule has 278 valence electrons. The Kier molecular flexibility index (Phi) is 4.70. The first-order valence-corrected chi connectivity index (χ1v) is 15.1. The molecule has 1 aromatic heterocycles. The minimum Gasteiger partial charge on any atom is -0.383 e. The van der Waals surface area contributed by atoms with Crippen molar-refractivity contribution in [3.63, 3.8) is 0 Å². The first-order chi connectivity index (χ1) is 38.1. The number of aromatic nitrogens is 1. The third-order valence-electron chi connectivity index (χ3n) is 6.63. The van der Waals surface area contributed by atoms with Crippen LogP contribution in [0, 0.1) is 18.6 Å². The maximum Gasteiger partial charge on any atom is 0.416 e. The van der Waals surface area contributed by atoms with Gasteiger partial charge in [0.25, 0.3) is 0 Å². The molecule has 0 aliphatic carbocycles. The minimum atomic E-state index is -5.58. The van der Waals surface area contributed by atoms with Gasteiger partial charge in [-0.25, -0.2) is 8.78 Å². The summed E-state index contributed by atoms with van der Waals surface area (Å²) in [4.78, 5) is 27.9. The van der Waals surface area contributed by atoms with Crippen LogP contribution >= 0.6 is 11.8 Å². The topological polar surface area (TPSA) is 54.8 Å². The first kappa shape index (κ1) is 15.0. The molecule has 1 aliphatic rings. The van der Waals surface area contributed by atoms with Gasteiger partial charge in [-0.05, 0) is 72.1 Å². The van der Waals surface area contributed by atoms with Crippen molar-refractivity contribution in [1.29, 1.82) is 0 Å². The highest BCUT2D eigenvalue weighted by Crippen LogP contribution is 2.32. The van der Waals surface area contributed by atoms with Crippen molar-refractivity contribution >= 4 is 28.6 Å². The van der Waals surface area contributed by atoms with Crippen LogP contribution in [0.15, 0.2) is 100 Å². The molecule has 0 atom stereocenters. The van der Waals surface area contributed by atoms with Crippen molar-refractivity contribution in [1.82, 2.24) is 14.4 Å². The third kappa shape index (κ3) is 9.00. The van der Waals surface area contributed by atoms with Crippen molar-refractivity contribution in [3.8, 4) is 11.1 Å². The number of ether oxygens (including phenoxy) is 1. The quantitative estimate of drug-likeness (QED) is 0.0937. The van der Waals surface area contributed by atoms with Crippen LogP contribution in [-0.4, -0.2) is 59.5 Å². The van der Waals surface area contributed by atoms with Crippen molar-refractivity contribution in [2.45, 2.75) is 55.6 Å². The number of pyridine rings is 1. The molecule has 1 aliphatic heterocycles. The van der Waals surface area contributed by atoms with Crippen LogP contribution in [0.1, 0.15) is 78.9 Å². The highest BCUT2D eigenvalue weighted by molar-refractivity contribution is 7.98. The number of likely N-dealkylation sites (tertiary alicyclic amines) is 1. The number of benzene rings is 4. The Morgan fingerprint density at radius 2 is 1.72 bits per heavy atom. The highest BCUT2D eigenvalue weighted by Gasteiger charge is 2.31. The van der Waals surface area contributed by atoms with E-state index in [1.807, 2.05) is 0 Å². The summed E-state index contributed by atoms with van der Waals surface area (Å²) < 4.78 is 359. The van der Waals surface area contributed by atoms with Gasteiger partial charge in [-0.2, -0.15) is 13.2 Å². The molecule has 1 saturated heterocycles. The second-order valence-corrected chi connectivity index (χ2v) is 10.9. The average Bonchev–Trinajstić information content (AvgIpc) is 0.680. The molecule has 0 spiro atoms. The van der Waals surface area contributed by atoms with Gasteiger partial charge in [-0.3, -0.25) is 9.59 Å². The molecule has 1 fully saturated rings. The highest BCUT2D eigenvalue weighted by atomic mass is 32.2. The summed E-state index contributed by atoms with van der Waals surface area (Å²) in [6.07, 6.45) is -15.7. The number of hydrogen-bond donors (Lipinski definition) is 0. The maximum atomic E-state index is 15.9. The number of carbonyl (C=O) groups excluding carboxylic acids is 1. The van der Waals surface area contributed by atoms with E-state index in [9.17, 15) is 27.6 Å². The molecule has 0 saturated carbocycles. The fourth-order valence-corrected chi connectivity index (χ4v) is 4.93. The lowest BCUT2D eigenvalue weighted by Gasteiger charge is -2.39. The molecular formula is C41H40F5N3O3S. The van der Waals surface area contributed by atoms with E-state index in [0.29, 0.717) is 14.0 Å². The molecule has 0 radical (unpaired) electrons. The van der Waals surface area contributed by atoms with Gasteiger partial charge in [-0.1, -0.05) is 54.4 Å².